The molecule has 25 heavy (non-hydrogen) atoms. The SMILES string of the molecule is CCn1cc([C@@H]2CS(=O)(=O)CCN2C(=O)CCc2ccc(C)o2)cn1. The fourth-order valence-electron chi connectivity index (χ4n) is 3.10. The van der Waals surface area contributed by atoms with Crippen LogP contribution in [0.5, 0.6) is 0 Å². The second kappa shape index (κ2) is 7.03. The van der Waals surface area contributed by atoms with E-state index in [0.717, 1.165) is 17.1 Å². The van der Waals surface area contributed by atoms with Gasteiger partial charge >= 0.3 is 0 Å². The molecule has 0 spiro atoms. The highest BCUT2D eigenvalue weighted by molar-refractivity contribution is 7.91. The maximum absolute atomic E-state index is 12.7. The number of amides is 1. The molecule has 1 amide bonds. The first-order chi connectivity index (χ1) is 11.9. The van der Waals surface area contributed by atoms with Crippen LogP contribution in [0.1, 0.15) is 36.5 Å². The van der Waals surface area contributed by atoms with Gasteiger partial charge in [-0.1, -0.05) is 0 Å². The fraction of sp³-hybridized carbons (Fsp3) is 0.529. The van der Waals surface area contributed by atoms with Crippen LogP contribution in [0, 0.1) is 6.92 Å². The van der Waals surface area contributed by atoms with Gasteiger partial charge < -0.3 is 9.32 Å². The smallest absolute Gasteiger partial charge is 0.223 e. The standard InChI is InChI=1S/C17H23N3O4S/c1-3-19-11-14(10-18-19)16-12-25(22,23)9-8-20(16)17(21)7-6-15-5-4-13(2)24-15/h4-5,10-11,16H,3,6-9,12H2,1-2H3/t16-/m0/s1. The molecule has 0 aliphatic carbocycles. The largest absolute Gasteiger partial charge is 0.466 e. The second-order valence-corrected chi connectivity index (χ2v) is 8.59. The maximum Gasteiger partial charge on any atom is 0.223 e. The van der Waals surface area contributed by atoms with Gasteiger partial charge in [-0.25, -0.2) is 8.42 Å². The third kappa shape index (κ3) is 4.12. The number of carbonyl (C=O) groups is 1. The summed E-state index contributed by atoms with van der Waals surface area (Å²) in [5.41, 5.74) is 0.771. The molecule has 0 N–H and O–H groups in total. The van der Waals surface area contributed by atoms with E-state index < -0.39 is 15.9 Å². The summed E-state index contributed by atoms with van der Waals surface area (Å²) < 4.78 is 31.4. The van der Waals surface area contributed by atoms with Crippen molar-refractivity contribution in [2.45, 2.75) is 39.3 Å². The lowest BCUT2D eigenvalue weighted by Crippen LogP contribution is -2.46. The Morgan fingerprint density at radius 1 is 1.40 bits per heavy atom. The molecule has 1 aliphatic rings. The molecule has 1 atom stereocenters. The van der Waals surface area contributed by atoms with Crippen LogP contribution < -0.4 is 0 Å². The highest BCUT2D eigenvalue weighted by Gasteiger charge is 2.35. The van der Waals surface area contributed by atoms with E-state index in [1.165, 1.54) is 0 Å². The first-order valence-corrected chi connectivity index (χ1v) is 10.3. The van der Waals surface area contributed by atoms with Gasteiger partial charge in [-0.2, -0.15) is 5.10 Å². The van der Waals surface area contributed by atoms with E-state index in [4.69, 9.17) is 4.42 Å². The lowest BCUT2D eigenvalue weighted by atomic mass is 10.1. The zero-order valence-electron chi connectivity index (χ0n) is 14.5. The lowest BCUT2D eigenvalue weighted by Gasteiger charge is -2.35. The molecule has 0 radical (unpaired) electrons. The van der Waals surface area contributed by atoms with Gasteiger partial charge in [-0.3, -0.25) is 9.48 Å². The summed E-state index contributed by atoms with van der Waals surface area (Å²) in [6.45, 7) is 4.75. The first-order valence-electron chi connectivity index (χ1n) is 8.45. The molecule has 1 fully saturated rings. The van der Waals surface area contributed by atoms with Crippen LogP contribution in [0.2, 0.25) is 0 Å². The summed E-state index contributed by atoms with van der Waals surface area (Å²) in [7, 11) is -3.16. The minimum absolute atomic E-state index is 0.0109. The molecule has 0 aromatic carbocycles. The van der Waals surface area contributed by atoms with Crippen LogP contribution in [-0.2, 0) is 27.6 Å². The molecule has 7 nitrogen and oxygen atoms in total. The normalized spacial score (nSPS) is 19.9. The third-order valence-electron chi connectivity index (χ3n) is 4.49. The zero-order valence-corrected chi connectivity index (χ0v) is 15.3. The van der Waals surface area contributed by atoms with Crippen molar-refractivity contribution in [3.05, 3.63) is 41.6 Å². The molecular formula is C17H23N3O4S. The van der Waals surface area contributed by atoms with Gasteiger partial charge in [0.15, 0.2) is 9.84 Å². The van der Waals surface area contributed by atoms with Crippen molar-refractivity contribution in [3.8, 4) is 0 Å². The highest BCUT2D eigenvalue weighted by atomic mass is 32.2. The second-order valence-electron chi connectivity index (χ2n) is 6.36. The van der Waals surface area contributed by atoms with Gasteiger partial charge in [-0.15, -0.1) is 0 Å². The summed E-state index contributed by atoms with van der Waals surface area (Å²) in [5, 5.41) is 4.22. The van der Waals surface area contributed by atoms with Crippen molar-refractivity contribution >= 4 is 15.7 Å². The molecule has 0 saturated carbocycles. The van der Waals surface area contributed by atoms with Gasteiger partial charge in [0.05, 0.1) is 23.7 Å². The van der Waals surface area contributed by atoms with E-state index in [1.807, 2.05) is 32.2 Å². The van der Waals surface area contributed by atoms with E-state index in [1.54, 1.807) is 15.8 Å². The van der Waals surface area contributed by atoms with E-state index in [2.05, 4.69) is 5.10 Å². The molecule has 1 saturated heterocycles. The quantitative estimate of drug-likeness (QED) is 0.806. The predicted octanol–water partition coefficient (Wildman–Crippen LogP) is 1.74. The van der Waals surface area contributed by atoms with Gasteiger partial charge in [0.2, 0.25) is 5.91 Å². The molecule has 3 heterocycles. The van der Waals surface area contributed by atoms with Gasteiger partial charge in [0.1, 0.15) is 11.5 Å². The van der Waals surface area contributed by atoms with Crippen LogP contribution in [0.25, 0.3) is 0 Å². The van der Waals surface area contributed by atoms with Crippen molar-refractivity contribution in [2.75, 3.05) is 18.1 Å². The molecule has 3 rings (SSSR count). The van der Waals surface area contributed by atoms with E-state index in [0.29, 0.717) is 19.4 Å². The molecule has 0 bridgehead atoms. The van der Waals surface area contributed by atoms with Crippen LogP contribution >= 0.6 is 0 Å². The van der Waals surface area contributed by atoms with Gasteiger partial charge in [-0.05, 0) is 26.0 Å². The average Bonchev–Trinajstić information content (AvgIpc) is 3.20. The molecular weight excluding hydrogens is 342 g/mol. The third-order valence-corrected chi connectivity index (χ3v) is 6.12. The summed E-state index contributed by atoms with van der Waals surface area (Å²) in [6.07, 6.45) is 4.29. The van der Waals surface area contributed by atoms with Crippen molar-refractivity contribution in [2.24, 2.45) is 0 Å². The number of sulfone groups is 1. The van der Waals surface area contributed by atoms with Crippen molar-refractivity contribution in [1.29, 1.82) is 0 Å². The number of aromatic nitrogens is 2. The number of furan rings is 1. The minimum Gasteiger partial charge on any atom is -0.466 e. The Bertz CT molecular complexity index is 853. The van der Waals surface area contributed by atoms with E-state index >= 15 is 0 Å². The summed E-state index contributed by atoms with van der Waals surface area (Å²) in [5.74, 6) is 1.49. The molecule has 8 heteroatoms. The molecule has 1 aliphatic heterocycles. The average molecular weight is 365 g/mol. The fourth-order valence-corrected chi connectivity index (χ4v) is 4.59. The Balaban J connectivity index is 1.75. The molecule has 136 valence electrons. The number of rotatable bonds is 5. The van der Waals surface area contributed by atoms with Crippen LogP contribution in [-0.4, -0.2) is 47.1 Å². The molecule has 0 unspecified atom stereocenters. The lowest BCUT2D eigenvalue weighted by molar-refractivity contribution is -0.133. The van der Waals surface area contributed by atoms with E-state index in [-0.39, 0.29) is 24.0 Å². The van der Waals surface area contributed by atoms with Gasteiger partial charge in [0.25, 0.3) is 0 Å². The Labute approximate surface area is 147 Å². The van der Waals surface area contributed by atoms with Crippen LogP contribution in [0.3, 0.4) is 0 Å². The number of carbonyl (C=O) groups excluding carboxylic acids is 1. The van der Waals surface area contributed by atoms with Crippen molar-refractivity contribution in [1.82, 2.24) is 14.7 Å². The topological polar surface area (TPSA) is 85.4 Å². The highest BCUT2D eigenvalue weighted by Crippen LogP contribution is 2.27. The van der Waals surface area contributed by atoms with E-state index in [9.17, 15) is 13.2 Å². The molecule has 2 aromatic rings. The summed E-state index contributed by atoms with van der Waals surface area (Å²) in [4.78, 5) is 14.4. The van der Waals surface area contributed by atoms with Crippen molar-refractivity contribution in [3.63, 3.8) is 0 Å². The number of aryl methyl sites for hydroxylation is 3. The van der Waals surface area contributed by atoms with Crippen molar-refractivity contribution < 1.29 is 17.6 Å². The van der Waals surface area contributed by atoms with Crippen LogP contribution in [0.4, 0.5) is 0 Å². The summed E-state index contributed by atoms with van der Waals surface area (Å²) in [6, 6.07) is 3.27. The maximum atomic E-state index is 12.7. The number of nitrogens with zero attached hydrogens (tertiary/aromatic N) is 3. The Morgan fingerprint density at radius 2 is 2.20 bits per heavy atom. The number of hydrogen-bond acceptors (Lipinski definition) is 5. The van der Waals surface area contributed by atoms with Gasteiger partial charge in [0, 0.05) is 37.7 Å². The Kier molecular flexibility index (Phi) is 4.99. The number of hydrogen-bond donors (Lipinski definition) is 0. The Hall–Kier alpha value is -2.09. The monoisotopic (exact) mass is 365 g/mol. The summed E-state index contributed by atoms with van der Waals surface area (Å²) >= 11 is 0. The Morgan fingerprint density at radius 3 is 2.84 bits per heavy atom. The zero-order chi connectivity index (χ0) is 18.0. The first kappa shape index (κ1) is 17.7. The minimum atomic E-state index is -3.16. The predicted molar refractivity (Wildman–Crippen MR) is 92.8 cm³/mol. The van der Waals surface area contributed by atoms with Crippen LogP contribution in [0.15, 0.2) is 28.9 Å². The molecule has 2 aromatic heterocycles.